The Bertz CT molecular complexity index is 2380. The number of nitriles is 1. The van der Waals surface area contributed by atoms with E-state index in [4.69, 9.17) is 18.9 Å². The van der Waals surface area contributed by atoms with E-state index >= 15 is 22.0 Å². The van der Waals surface area contributed by atoms with Crippen LogP contribution in [0.1, 0.15) is 78.4 Å². The molecule has 12 nitrogen and oxygen atoms in total. The number of anilines is 2. The fraction of sp³-hybridized carbons (Fsp3) is 0.525. The Balaban J connectivity index is 1.29. The third-order valence-electron chi connectivity index (χ3n) is 10.8. The topological polar surface area (TPSA) is 139 Å². The fourth-order valence-electron chi connectivity index (χ4n) is 8.45. The van der Waals surface area contributed by atoms with Gasteiger partial charge in [-0.3, -0.25) is 5.32 Å². The second-order valence-corrected chi connectivity index (χ2v) is 18.5. The van der Waals surface area contributed by atoms with Crippen molar-refractivity contribution in [3.8, 4) is 23.2 Å². The first-order valence-corrected chi connectivity index (χ1v) is 19.7. The monoisotopic (exact) mass is 828 g/mol. The number of nitrogens with one attached hydrogen (secondary N) is 1. The van der Waals surface area contributed by atoms with Crippen molar-refractivity contribution in [2.75, 3.05) is 36.5 Å². The van der Waals surface area contributed by atoms with Crippen LogP contribution in [-0.2, 0) is 20.4 Å². The molecule has 4 bridgehead atoms. The number of carbonyl (C=O) groups excluding carboxylic acids is 2. The first-order chi connectivity index (χ1) is 27.1. The number of alkyl halides is 3. The summed E-state index contributed by atoms with van der Waals surface area (Å²) in [5.41, 5.74) is -5.67. The molecule has 1 saturated carbocycles. The van der Waals surface area contributed by atoms with Crippen LogP contribution in [0.4, 0.5) is 42.4 Å². The zero-order valence-electron chi connectivity index (χ0n) is 32.6. The minimum Gasteiger partial charge on any atom is -0.463 e. The van der Waals surface area contributed by atoms with E-state index in [0.717, 1.165) is 31.0 Å². The first-order valence-electron chi connectivity index (χ1n) is 18.9. The maximum absolute atomic E-state index is 17.5. The average molecular weight is 829 g/mol. The lowest BCUT2D eigenvalue weighted by atomic mass is 9.71. The number of thiophene rings is 1. The molecule has 4 saturated heterocycles. The summed E-state index contributed by atoms with van der Waals surface area (Å²) in [6.45, 7) is 11.0. The Labute approximate surface area is 334 Å². The Morgan fingerprint density at radius 1 is 1.03 bits per heavy atom. The van der Waals surface area contributed by atoms with Gasteiger partial charge < -0.3 is 28.7 Å². The van der Waals surface area contributed by atoms with Crippen molar-refractivity contribution in [3.63, 3.8) is 0 Å². The highest BCUT2D eigenvalue weighted by Gasteiger charge is 2.53. The molecule has 2 unspecified atom stereocenters. The molecule has 308 valence electrons. The molecule has 1 aliphatic carbocycles. The number of likely N-dealkylation sites (tertiary alicyclic amines) is 1. The van der Waals surface area contributed by atoms with Crippen molar-refractivity contribution in [2.45, 2.75) is 103 Å². The van der Waals surface area contributed by atoms with E-state index in [-0.39, 0.29) is 69.1 Å². The van der Waals surface area contributed by atoms with Crippen molar-refractivity contribution in [3.05, 3.63) is 41.0 Å². The first kappa shape index (κ1) is 39.8. The van der Waals surface area contributed by atoms with Gasteiger partial charge in [0.25, 0.3) is 0 Å². The number of halogens is 5. The van der Waals surface area contributed by atoms with Gasteiger partial charge in [-0.15, -0.1) is 11.3 Å². The molecule has 18 heteroatoms. The molecule has 2 aromatic heterocycles. The van der Waals surface area contributed by atoms with Crippen LogP contribution in [-0.4, -0.2) is 82.7 Å². The van der Waals surface area contributed by atoms with Gasteiger partial charge in [-0.05, 0) is 84.9 Å². The highest BCUT2D eigenvalue weighted by atomic mass is 32.1. The Morgan fingerprint density at radius 3 is 2.29 bits per heavy atom. The third-order valence-corrected chi connectivity index (χ3v) is 11.9. The molecular weight excluding hydrogens is 788 g/mol. The summed E-state index contributed by atoms with van der Waals surface area (Å²) in [5.74, 6) is -2.28. The van der Waals surface area contributed by atoms with E-state index in [1.807, 2.05) is 11.0 Å². The molecular formula is C40H41F5N6O6S. The van der Waals surface area contributed by atoms with Crippen LogP contribution in [0.2, 0.25) is 0 Å². The summed E-state index contributed by atoms with van der Waals surface area (Å²) in [6, 6.07) is 3.44. The predicted octanol–water partition coefficient (Wildman–Crippen LogP) is 9.17. The molecule has 58 heavy (non-hydrogen) atoms. The van der Waals surface area contributed by atoms with Crippen LogP contribution < -0.4 is 15.0 Å². The molecule has 5 aliphatic rings. The quantitative estimate of drug-likeness (QED) is 0.187. The van der Waals surface area contributed by atoms with Gasteiger partial charge in [-0.1, -0.05) is 6.07 Å². The molecule has 2 amide bonds. The van der Waals surface area contributed by atoms with Crippen LogP contribution in [0.3, 0.4) is 0 Å². The average Bonchev–Trinajstić information content (AvgIpc) is 3.86. The number of rotatable bonds is 6. The normalized spacial score (nSPS) is 22.9. The zero-order valence-corrected chi connectivity index (χ0v) is 33.4. The Morgan fingerprint density at radius 2 is 1.71 bits per heavy atom. The number of carbonyl (C=O) groups is 2. The van der Waals surface area contributed by atoms with E-state index < -0.39 is 75.5 Å². The van der Waals surface area contributed by atoms with Crippen molar-refractivity contribution in [2.24, 2.45) is 5.41 Å². The smallest absolute Gasteiger partial charge is 0.417 e. The fourth-order valence-corrected chi connectivity index (χ4v) is 9.52. The van der Waals surface area contributed by atoms with Crippen molar-refractivity contribution in [1.82, 2.24) is 14.9 Å². The minimum absolute atomic E-state index is 0.0142. The van der Waals surface area contributed by atoms with E-state index in [1.165, 1.54) is 0 Å². The Kier molecular flexibility index (Phi) is 9.46. The zero-order chi connectivity index (χ0) is 41.7. The predicted molar refractivity (Wildman–Crippen MR) is 204 cm³/mol. The van der Waals surface area contributed by atoms with Gasteiger partial charge in [0.05, 0.1) is 35.1 Å². The molecule has 4 aromatic rings. The third kappa shape index (κ3) is 7.20. The maximum atomic E-state index is 17.5. The standard InChI is InChI=1S/C40H41F5N6O6S/c1-37(2,3)56-35(52)49-33-24(14-46)27-22(9-10-26(41)31(27)58-33)28-25(40(43,44)45)11-23-30(29(28)42)47-34(55-18-39-12-21(13-39)54-17-39)48-32(23)51-19-7-8-20(51)16-50(15-19)36(53)57-38(4,5)6/h9-11,19-21H,7-8,12-13,15-18H2,1-6H3,(H,49,52). The number of aromatic nitrogens is 2. The van der Waals surface area contributed by atoms with Gasteiger partial charge in [-0.2, -0.15) is 28.4 Å². The molecule has 0 spiro atoms. The molecule has 2 aromatic carbocycles. The van der Waals surface area contributed by atoms with Gasteiger partial charge in [-0.25, -0.2) is 18.4 Å². The van der Waals surface area contributed by atoms with Gasteiger partial charge in [0, 0.05) is 46.9 Å². The van der Waals surface area contributed by atoms with E-state index in [9.17, 15) is 14.9 Å². The van der Waals surface area contributed by atoms with E-state index in [0.29, 0.717) is 30.8 Å². The Hall–Kier alpha value is -5.02. The molecule has 9 rings (SSSR count). The summed E-state index contributed by atoms with van der Waals surface area (Å²) in [6.07, 6.45) is -3.90. The lowest BCUT2D eigenvalue weighted by Gasteiger charge is -2.42. The summed E-state index contributed by atoms with van der Waals surface area (Å²) < 4.78 is 101. The SMILES string of the molecule is CC(C)(C)OC(=O)Nc1sc2c(F)ccc(-c3c(C(F)(F)F)cc4c(N5C6CCC5CN(C(=O)OC(C)(C)C)C6)nc(OCC56COC(C5)C6)nc4c3F)c2c1C#N. The highest BCUT2D eigenvalue weighted by Crippen LogP contribution is 2.51. The summed E-state index contributed by atoms with van der Waals surface area (Å²) >= 11 is 0.607. The molecule has 6 heterocycles. The number of ether oxygens (including phenoxy) is 4. The minimum atomic E-state index is -5.17. The van der Waals surface area contributed by atoms with Crippen LogP contribution in [0.25, 0.3) is 32.1 Å². The van der Waals surface area contributed by atoms with Crippen LogP contribution >= 0.6 is 11.3 Å². The van der Waals surface area contributed by atoms with Crippen LogP contribution in [0.5, 0.6) is 6.01 Å². The molecule has 4 aliphatic heterocycles. The van der Waals surface area contributed by atoms with Crippen LogP contribution in [0.15, 0.2) is 18.2 Å². The number of fused-ring (bicyclic) bond motifs is 5. The van der Waals surface area contributed by atoms with Crippen molar-refractivity contribution < 1.29 is 50.5 Å². The molecule has 1 N–H and O–H groups in total. The van der Waals surface area contributed by atoms with Crippen molar-refractivity contribution >= 4 is 55.3 Å². The largest absolute Gasteiger partial charge is 0.463 e. The summed E-state index contributed by atoms with van der Waals surface area (Å²) in [4.78, 5) is 38.3. The number of nitrogens with zero attached hydrogens (tertiary/aromatic N) is 5. The van der Waals surface area contributed by atoms with Gasteiger partial charge >= 0.3 is 24.4 Å². The summed E-state index contributed by atoms with van der Waals surface area (Å²) in [5, 5.41) is 11.9. The lowest BCUT2D eigenvalue weighted by molar-refractivity contribution is -0.137. The maximum Gasteiger partial charge on any atom is 0.417 e. The van der Waals surface area contributed by atoms with Crippen LogP contribution in [0, 0.1) is 28.4 Å². The number of amides is 2. The van der Waals surface area contributed by atoms with Gasteiger partial charge in [0.15, 0.2) is 5.82 Å². The molecule has 0 radical (unpaired) electrons. The second kappa shape index (κ2) is 13.8. The summed E-state index contributed by atoms with van der Waals surface area (Å²) in [7, 11) is 0. The number of benzene rings is 2. The lowest BCUT2D eigenvalue weighted by Crippen LogP contribution is -2.56. The van der Waals surface area contributed by atoms with Crippen molar-refractivity contribution in [1.29, 1.82) is 5.26 Å². The molecule has 5 fully saturated rings. The van der Waals surface area contributed by atoms with E-state index in [1.54, 1.807) is 46.4 Å². The second-order valence-electron chi connectivity index (χ2n) is 17.5. The number of piperazine rings is 1. The van der Waals surface area contributed by atoms with Gasteiger partial charge in [0.2, 0.25) is 0 Å². The van der Waals surface area contributed by atoms with Gasteiger partial charge in [0.1, 0.15) is 39.4 Å². The number of hydrogen-bond acceptors (Lipinski definition) is 11. The van der Waals surface area contributed by atoms with E-state index in [2.05, 4.69) is 15.3 Å². The highest BCUT2D eigenvalue weighted by molar-refractivity contribution is 7.23. The number of hydrogen-bond donors (Lipinski definition) is 1. The molecule has 2 atom stereocenters.